The molecule has 4 aromatic rings. The molecule has 8 nitrogen and oxygen atoms in total. The van der Waals surface area contributed by atoms with Gasteiger partial charge in [0.2, 0.25) is 0 Å². The highest BCUT2D eigenvalue weighted by Gasteiger charge is 2.25. The Bertz CT molecular complexity index is 1220. The minimum Gasteiger partial charge on any atom is -0.481 e. The normalized spacial score (nSPS) is 13.8. The van der Waals surface area contributed by atoms with E-state index in [1.54, 1.807) is 22.2 Å². The van der Waals surface area contributed by atoms with E-state index in [0.29, 0.717) is 37.7 Å². The number of para-hydroxylation sites is 2. The number of benzene rings is 2. The Morgan fingerprint density at radius 2 is 1.06 bits per heavy atom. The molecule has 2 amide bonds. The molecule has 0 radical (unpaired) electrons. The molecule has 0 saturated carbocycles. The van der Waals surface area contributed by atoms with Gasteiger partial charge in [-0.2, -0.15) is 0 Å². The Balaban J connectivity index is 1.11. The molecule has 172 valence electrons. The van der Waals surface area contributed by atoms with Crippen molar-refractivity contribution in [1.29, 1.82) is 0 Å². The van der Waals surface area contributed by atoms with Gasteiger partial charge in [0.25, 0.3) is 11.8 Å². The fourth-order valence-electron chi connectivity index (χ4n) is 4.05. The van der Waals surface area contributed by atoms with Gasteiger partial charge in [-0.3, -0.25) is 19.6 Å². The van der Waals surface area contributed by atoms with E-state index in [1.807, 2.05) is 60.7 Å². The van der Waals surface area contributed by atoms with Crippen molar-refractivity contribution in [2.45, 2.75) is 0 Å². The summed E-state index contributed by atoms with van der Waals surface area (Å²) in [4.78, 5) is 37.5. The van der Waals surface area contributed by atoms with Gasteiger partial charge in [-0.25, -0.2) is 0 Å². The molecule has 0 N–H and O–H groups in total. The molecule has 8 heteroatoms. The van der Waals surface area contributed by atoms with Crippen LogP contribution in [-0.4, -0.2) is 71.0 Å². The Labute approximate surface area is 196 Å². The van der Waals surface area contributed by atoms with Crippen molar-refractivity contribution in [2.75, 3.05) is 39.4 Å². The van der Waals surface area contributed by atoms with Crippen LogP contribution in [-0.2, 0) is 9.59 Å². The van der Waals surface area contributed by atoms with E-state index in [4.69, 9.17) is 9.47 Å². The Morgan fingerprint density at radius 3 is 1.50 bits per heavy atom. The van der Waals surface area contributed by atoms with E-state index in [1.165, 1.54) is 0 Å². The van der Waals surface area contributed by atoms with Gasteiger partial charge in [0.05, 0.1) is 0 Å². The molecule has 1 saturated heterocycles. The van der Waals surface area contributed by atoms with Gasteiger partial charge in [-0.1, -0.05) is 36.4 Å². The number of nitrogens with zero attached hydrogens (tertiary/aromatic N) is 4. The Hall–Kier alpha value is -4.20. The fourth-order valence-corrected chi connectivity index (χ4v) is 4.05. The van der Waals surface area contributed by atoms with Crippen LogP contribution in [0.5, 0.6) is 11.5 Å². The third kappa shape index (κ3) is 4.61. The molecule has 5 rings (SSSR count). The maximum absolute atomic E-state index is 12.7. The predicted molar refractivity (Wildman–Crippen MR) is 128 cm³/mol. The number of hydrogen-bond acceptors (Lipinski definition) is 6. The number of rotatable bonds is 6. The van der Waals surface area contributed by atoms with Gasteiger partial charge in [-0.15, -0.1) is 0 Å². The van der Waals surface area contributed by atoms with E-state index in [-0.39, 0.29) is 25.0 Å². The molecule has 3 heterocycles. The number of carbonyl (C=O) groups is 2. The highest BCUT2D eigenvalue weighted by Crippen LogP contribution is 2.24. The van der Waals surface area contributed by atoms with Crippen LogP contribution in [0.4, 0.5) is 0 Å². The lowest BCUT2D eigenvalue weighted by molar-refractivity contribution is -0.141. The first-order chi connectivity index (χ1) is 16.7. The molecule has 0 spiro atoms. The molecule has 0 unspecified atom stereocenters. The standard InChI is InChI=1S/C26H24N4O4/c31-23(17-33-21-9-1-5-19-7-3-11-27-25(19)21)29-13-15-30(16-14-29)24(32)18-34-22-10-2-6-20-8-4-12-28-26(20)22/h1-12H,13-18H2. The van der Waals surface area contributed by atoms with Crippen LogP contribution in [0.15, 0.2) is 73.1 Å². The van der Waals surface area contributed by atoms with Crippen LogP contribution in [0, 0.1) is 0 Å². The highest BCUT2D eigenvalue weighted by molar-refractivity contribution is 5.86. The number of pyridine rings is 2. The summed E-state index contributed by atoms with van der Waals surface area (Å²) in [6.45, 7) is 1.69. The lowest BCUT2D eigenvalue weighted by Crippen LogP contribution is -2.52. The Morgan fingerprint density at radius 1 is 0.647 bits per heavy atom. The van der Waals surface area contributed by atoms with E-state index in [2.05, 4.69) is 9.97 Å². The third-order valence-electron chi connectivity index (χ3n) is 5.88. The summed E-state index contributed by atoms with van der Waals surface area (Å²) in [5.41, 5.74) is 1.46. The molecule has 1 aliphatic rings. The number of hydrogen-bond donors (Lipinski definition) is 0. The zero-order chi connectivity index (χ0) is 23.3. The van der Waals surface area contributed by atoms with Gasteiger partial charge in [0.1, 0.15) is 22.5 Å². The molecule has 2 aromatic carbocycles. The van der Waals surface area contributed by atoms with E-state index < -0.39 is 0 Å². The molecule has 1 fully saturated rings. The van der Waals surface area contributed by atoms with Gasteiger partial charge in [0.15, 0.2) is 13.2 Å². The summed E-state index contributed by atoms with van der Waals surface area (Å²) >= 11 is 0. The maximum atomic E-state index is 12.7. The number of carbonyl (C=O) groups excluding carboxylic acids is 2. The molecule has 2 aromatic heterocycles. The zero-order valence-corrected chi connectivity index (χ0v) is 18.6. The van der Waals surface area contributed by atoms with Gasteiger partial charge in [0, 0.05) is 49.3 Å². The first kappa shape index (κ1) is 21.6. The molecular formula is C26H24N4O4. The average Bonchev–Trinajstić information content (AvgIpc) is 2.90. The molecule has 1 aliphatic heterocycles. The van der Waals surface area contributed by atoms with E-state index >= 15 is 0 Å². The van der Waals surface area contributed by atoms with Crippen molar-refractivity contribution in [2.24, 2.45) is 0 Å². The second kappa shape index (κ2) is 9.74. The molecule has 0 bridgehead atoms. The average molecular weight is 457 g/mol. The first-order valence-electron chi connectivity index (χ1n) is 11.2. The summed E-state index contributed by atoms with van der Waals surface area (Å²) in [7, 11) is 0. The van der Waals surface area contributed by atoms with Crippen LogP contribution in [0.1, 0.15) is 0 Å². The van der Waals surface area contributed by atoms with Crippen molar-refractivity contribution in [3.8, 4) is 11.5 Å². The largest absolute Gasteiger partial charge is 0.481 e. The van der Waals surface area contributed by atoms with E-state index in [9.17, 15) is 9.59 Å². The number of amides is 2. The quantitative estimate of drug-likeness (QED) is 0.444. The minimum absolute atomic E-state index is 0.0686. The first-order valence-corrected chi connectivity index (χ1v) is 11.2. The van der Waals surface area contributed by atoms with Crippen molar-refractivity contribution in [3.05, 3.63) is 73.1 Å². The van der Waals surface area contributed by atoms with Crippen LogP contribution < -0.4 is 9.47 Å². The Kier molecular flexibility index (Phi) is 6.20. The fraction of sp³-hybridized carbons (Fsp3) is 0.231. The summed E-state index contributed by atoms with van der Waals surface area (Å²) in [6.07, 6.45) is 3.40. The molecule has 0 atom stereocenters. The van der Waals surface area contributed by atoms with Gasteiger partial charge >= 0.3 is 0 Å². The monoisotopic (exact) mass is 456 g/mol. The van der Waals surface area contributed by atoms with Gasteiger partial charge < -0.3 is 19.3 Å². The second-order valence-corrected chi connectivity index (χ2v) is 8.00. The maximum Gasteiger partial charge on any atom is 0.260 e. The number of piperazine rings is 1. The smallest absolute Gasteiger partial charge is 0.260 e. The van der Waals surface area contributed by atoms with Crippen molar-refractivity contribution < 1.29 is 19.1 Å². The SMILES string of the molecule is O=C(COc1cccc2cccnc12)N1CCN(C(=O)COc2cccc3cccnc23)CC1. The van der Waals surface area contributed by atoms with Crippen LogP contribution in [0.25, 0.3) is 21.8 Å². The van der Waals surface area contributed by atoms with E-state index in [0.717, 1.165) is 21.8 Å². The summed E-state index contributed by atoms with van der Waals surface area (Å²) in [5.74, 6) is 0.942. The van der Waals surface area contributed by atoms with Crippen LogP contribution in [0.3, 0.4) is 0 Å². The summed E-state index contributed by atoms with van der Waals surface area (Å²) in [5, 5.41) is 1.92. The summed E-state index contributed by atoms with van der Waals surface area (Å²) in [6, 6.07) is 18.9. The topological polar surface area (TPSA) is 84.9 Å². The van der Waals surface area contributed by atoms with Gasteiger partial charge in [-0.05, 0) is 24.3 Å². The lowest BCUT2D eigenvalue weighted by Gasteiger charge is -2.34. The van der Waals surface area contributed by atoms with Crippen molar-refractivity contribution in [3.63, 3.8) is 0 Å². The summed E-state index contributed by atoms with van der Waals surface area (Å²) < 4.78 is 11.5. The molecule has 34 heavy (non-hydrogen) atoms. The second-order valence-electron chi connectivity index (χ2n) is 8.00. The number of ether oxygens (including phenoxy) is 2. The van der Waals surface area contributed by atoms with Crippen LogP contribution in [0.2, 0.25) is 0 Å². The minimum atomic E-state index is -0.113. The molecular weight excluding hydrogens is 432 g/mol. The predicted octanol–water partition coefficient (Wildman–Crippen LogP) is 2.91. The number of fused-ring (bicyclic) bond motifs is 2. The molecule has 0 aliphatic carbocycles. The lowest BCUT2D eigenvalue weighted by atomic mass is 10.2. The zero-order valence-electron chi connectivity index (χ0n) is 18.6. The van der Waals surface area contributed by atoms with Crippen LogP contribution >= 0.6 is 0 Å². The van der Waals surface area contributed by atoms with Crippen molar-refractivity contribution in [1.82, 2.24) is 19.8 Å². The van der Waals surface area contributed by atoms with Crippen molar-refractivity contribution >= 4 is 33.6 Å². The third-order valence-corrected chi connectivity index (χ3v) is 5.88. The number of aromatic nitrogens is 2. The highest BCUT2D eigenvalue weighted by atomic mass is 16.5.